The molecular formula is C16H15FN2O. The van der Waals surface area contributed by atoms with Crippen molar-refractivity contribution >= 4 is 5.69 Å². The number of nitrogens with zero attached hydrogens (tertiary/aromatic N) is 1. The number of rotatable bonds is 4. The fraction of sp³-hybridized carbons (Fsp3) is 0.188. The van der Waals surface area contributed by atoms with Gasteiger partial charge in [-0.1, -0.05) is 24.3 Å². The van der Waals surface area contributed by atoms with E-state index >= 15 is 0 Å². The lowest BCUT2D eigenvalue weighted by molar-refractivity contribution is 0.416. The first kappa shape index (κ1) is 13.9. The van der Waals surface area contributed by atoms with Crippen LogP contribution in [0.5, 0.6) is 5.75 Å². The van der Waals surface area contributed by atoms with Crippen LogP contribution < -0.4 is 10.1 Å². The second-order valence-corrected chi connectivity index (χ2v) is 4.42. The number of ether oxygens (including phenoxy) is 1. The summed E-state index contributed by atoms with van der Waals surface area (Å²) in [4.78, 5) is 0. The number of aryl methyl sites for hydroxylation is 1. The number of hydrogen-bond acceptors (Lipinski definition) is 3. The summed E-state index contributed by atoms with van der Waals surface area (Å²) in [6.45, 7) is 1.68. The summed E-state index contributed by atoms with van der Waals surface area (Å²) < 4.78 is 18.5. The molecule has 0 amide bonds. The van der Waals surface area contributed by atoms with E-state index in [9.17, 15) is 9.65 Å². The fourth-order valence-corrected chi connectivity index (χ4v) is 1.96. The summed E-state index contributed by atoms with van der Waals surface area (Å²) in [5.41, 5.74) is 1.96. The summed E-state index contributed by atoms with van der Waals surface area (Å²) >= 11 is 0. The number of para-hydroxylation sites is 2. The normalized spacial score (nSPS) is 11.5. The van der Waals surface area contributed by atoms with Crippen LogP contribution in [0.3, 0.4) is 0 Å². The number of nitrogens with one attached hydrogen (secondary N) is 1. The van der Waals surface area contributed by atoms with Crippen LogP contribution >= 0.6 is 0 Å². The average Bonchev–Trinajstić information content (AvgIpc) is 2.48. The molecule has 0 spiro atoms. The fourth-order valence-electron chi connectivity index (χ4n) is 1.96. The van der Waals surface area contributed by atoms with E-state index in [1.807, 2.05) is 24.3 Å². The molecule has 2 rings (SSSR count). The molecule has 1 N–H and O–H groups in total. The number of hydrogen-bond donors (Lipinski definition) is 1. The molecule has 1 unspecified atom stereocenters. The second-order valence-electron chi connectivity index (χ2n) is 4.42. The third-order valence-electron chi connectivity index (χ3n) is 3.05. The Bertz CT molecular complexity index is 649. The number of anilines is 1. The quantitative estimate of drug-likeness (QED) is 0.918. The molecule has 0 bridgehead atoms. The highest BCUT2D eigenvalue weighted by Crippen LogP contribution is 2.28. The molecule has 3 nitrogen and oxygen atoms in total. The van der Waals surface area contributed by atoms with Crippen molar-refractivity contribution in [3.05, 3.63) is 59.4 Å². The highest BCUT2D eigenvalue weighted by Gasteiger charge is 2.13. The van der Waals surface area contributed by atoms with Crippen molar-refractivity contribution in [2.45, 2.75) is 13.0 Å². The van der Waals surface area contributed by atoms with Gasteiger partial charge in [-0.2, -0.15) is 5.26 Å². The van der Waals surface area contributed by atoms with Gasteiger partial charge in [0.2, 0.25) is 0 Å². The third-order valence-corrected chi connectivity index (χ3v) is 3.05. The van der Waals surface area contributed by atoms with Gasteiger partial charge in [-0.05, 0) is 36.2 Å². The summed E-state index contributed by atoms with van der Waals surface area (Å²) in [7, 11) is 1.57. The van der Waals surface area contributed by atoms with E-state index in [-0.39, 0.29) is 5.82 Å². The van der Waals surface area contributed by atoms with E-state index in [4.69, 9.17) is 4.74 Å². The Morgan fingerprint density at radius 1 is 1.25 bits per heavy atom. The van der Waals surface area contributed by atoms with Gasteiger partial charge < -0.3 is 10.1 Å². The first-order chi connectivity index (χ1) is 9.65. The largest absolute Gasteiger partial charge is 0.495 e. The molecule has 2 aromatic carbocycles. The molecular weight excluding hydrogens is 255 g/mol. The van der Waals surface area contributed by atoms with E-state index in [2.05, 4.69) is 11.4 Å². The van der Waals surface area contributed by atoms with Gasteiger partial charge >= 0.3 is 0 Å². The molecule has 0 aliphatic rings. The first-order valence-electron chi connectivity index (χ1n) is 6.21. The Hall–Kier alpha value is -2.54. The van der Waals surface area contributed by atoms with Crippen LogP contribution in [-0.4, -0.2) is 7.11 Å². The minimum absolute atomic E-state index is 0.275. The SMILES string of the molecule is COc1ccccc1NC(C#N)c1ccc(F)c(C)c1. The predicted molar refractivity (Wildman–Crippen MR) is 76.1 cm³/mol. The number of benzene rings is 2. The molecule has 0 saturated heterocycles. The van der Waals surface area contributed by atoms with Crippen molar-refractivity contribution in [3.8, 4) is 11.8 Å². The minimum Gasteiger partial charge on any atom is -0.495 e. The Kier molecular flexibility index (Phi) is 4.21. The van der Waals surface area contributed by atoms with Crippen molar-refractivity contribution in [2.75, 3.05) is 12.4 Å². The molecule has 0 aliphatic carbocycles. The Balaban J connectivity index is 2.29. The van der Waals surface area contributed by atoms with Gasteiger partial charge in [-0.3, -0.25) is 0 Å². The molecule has 0 fully saturated rings. The summed E-state index contributed by atoms with van der Waals surface area (Å²) in [6.07, 6.45) is 0. The van der Waals surface area contributed by atoms with Crippen LogP contribution in [0.25, 0.3) is 0 Å². The molecule has 0 aromatic heterocycles. The maximum atomic E-state index is 13.3. The van der Waals surface area contributed by atoms with Crippen LogP contribution in [0.4, 0.5) is 10.1 Å². The van der Waals surface area contributed by atoms with Gasteiger partial charge in [0.05, 0.1) is 18.9 Å². The zero-order valence-corrected chi connectivity index (χ0v) is 11.4. The van der Waals surface area contributed by atoms with Crippen molar-refractivity contribution in [1.82, 2.24) is 0 Å². The van der Waals surface area contributed by atoms with Gasteiger partial charge in [-0.25, -0.2) is 4.39 Å². The first-order valence-corrected chi connectivity index (χ1v) is 6.21. The van der Waals surface area contributed by atoms with E-state index in [0.717, 1.165) is 11.3 Å². The lowest BCUT2D eigenvalue weighted by Gasteiger charge is -2.16. The predicted octanol–water partition coefficient (Wildman–Crippen LogP) is 3.82. The monoisotopic (exact) mass is 270 g/mol. The van der Waals surface area contributed by atoms with Gasteiger partial charge in [0.25, 0.3) is 0 Å². The van der Waals surface area contributed by atoms with Crippen molar-refractivity contribution < 1.29 is 9.13 Å². The number of nitriles is 1. The molecule has 1 atom stereocenters. The van der Waals surface area contributed by atoms with E-state index in [0.29, 0.717) is 11.3 Å². The number of methoxy groups -OCH3 is 1. The molecule has 4 heteroatoms. The number of halogens is 1. The molecule has 0 radical (unpaired) electrons. The van der Waals surface area contributed by atoms with Crippen LogP contribution in [0.2, 0.25) is 0 Å². The summed E-state index contributed by atoms with van der Waals surface area (Å²) in [6, 6.07) is 13.6. The topological polar surface area (TPSA) is 45.0 Å². The molecule has 102 valence electrons. The van der Waals surface area contributed by atoms with Crippen LogP contribution in [0, 0.1) is 24.1 Å². The van der Waals surface area contributed by atoms with Crippen molar-refractivity contribution in [3.63, 3.8) is 0 Å². The van der Waals surface area contributed by atoms with Crippen LogP contribution in [0.1, 0.15) is 17.2 Å². The molecule has 0 heterocycles. The average molecular weight is 270 g/mol. The van der Waals surface area contributed by atoms with Crippen molar-refractivity contribution in [1.29, 1.82) is 5.26 Å². The van der Waals surface area contributed by atoms with E-state index < -0.39 is 6.04 Å². The second kappa shape index (κ2) is 6.07. The lowest BCUT2D eigenvalue weighted by Crippen LogP contribution is -2.09. The standard InChI is InChI=1S/C16H15FN2O/c1-11-9-12(7-8-13(11)17)15(10-18)19-14-5-3-4-6-16(14)20-2/h3-9,15,19H,1-2H3. The molecule has 2 aromatic rings. The Morgan fingerprint density at radius 2 is 2.00 bits per heavy atom. The third kappa shape index (κ3) is 2.89. The molecule has 20 heavy (non-hydrogen) atoms. The highest BCUT2D eigenvalue weighted by molar-refractivity contribution is 5.58. The van der Waals surface area contributed by atoms with E-state index in [1.54, 1.807) is 26.2 Å². The Labute approximate surface area is 117 Å². The zero-order valence-electron chi connectivity index (χ0n) is 11.4. The zero-order chi connectivity index (χ0) is 14.5. The van der Waals surface area contributed by atoms with Gasteiger partial charge in [0, 0.05) is 0 Å². The smallest absolute Gasteiger partial charge is 0.141 e. The van der Waals surface area contributed by atoms with Gasteiger partial charge in [0.15, 0.2) is 0 Å². The minimum atomic E-state index is -0.564. The molecule has 0 aliphatic heterocycles. The molecule has 0 saturated carbocycles. The van der Waals surface area contributed by atoms with Crippen LogP contribution in [0.15, 0.2) is 42.5 Å². The Morgan fingerprint density at radius 3 is 2.65 bits per heavy atom. The van der Waals surface area contributed by atoms with Gasteiger partial charge in [0.1, 0.15) is 17.6 Å². The maximum absolute atomic E-state index is 13.3. The summed E-state index contributed by atoms with van der Waals surface area (Å²) in [5, 5.41) is 12.4. The van der Waals surface area contributed by atoms with Crippen molar-refractivity contribution in [2.24, 2.45) is 0 Å². The lowest BCUT2D eigenvalue weighted by atomic mass is 10.0. The summed E-state index contributed by atoms with van der Waals surface area (Å²) in [5.74, 6) is 0.384. The highest BCUT2D eigenvalue weighted by atomic mass is 19.1. The maximum Gasteiger partial charge on any atom is 0.141 e. The van der Waals surface area contributed by atoms with Crippen LogP contribution in [-0.2, 0) is 0 Å². The van der Waals surface area contributed by atoms with E-state index in [1.165, 1.54) is 6.07 Å². The van der Waals surface area contributed by atoms with Gasteiger partial charge in [-0.15, -0.1) is 0 Å².